The predicted octanol–water partition coefficient (Wildman–Crippen LogP) is 2.00. The maximum absolute atomic E-state index is 12.7. The minimum absolute atomic E-state index is 0.0809. The summed E-state index contributed by atoms with van der Waals surface area (Å²) in [4.78, 5) is 19.3. The molecule has 3 aliphatic rings. The highest BCUT2D eigenvalue weighted by Gasteiger charge is 2.39. The molecule has 7 heteroatoms. The number of furan rings is 1. The maximum atomic E-state index is 12.7. The number of carbonyl (C=O) groups excluding carboxylic acids is 1. The van der Waals surface area contributed by atoms with Crippen LogP contribution in [0.5, 0.6) is 0 Å². The number of anilines is 1. The zero-order valence-electron chi connectivity index (χ0n) is 14.0. The van der Waals surface area contributed by atoms with Crippen molar-refractivity contribution in [1.82, 2.24) is 15.6 Å². The molecule has 0 radical (unpaired) electrons. The van der Waals surface area contributed by atoms with E-state index in [9.17, 15) is 4.79 Å². The van der Waals surface area contributed by atoms with Gasteiger partial charge in [0.15, 0.2) is 5.58 Å². The zero-order chi connectivity index (χ0) is 16.8. The first-order valence-corrected chi connectivity index (χ1v) is 10.2. The van der Waals surface area contributed by atoms with Crippen LogP contribution in [0, 0.1) is 0 Å². The molecule has 132 valence electrons. The molecule has 6 nitrogen and oxygen atoms in total. The predicted molar refractivity (Wildman–Crippen MR) is 99.4 cm³/mol. The summed E-state index contributed by atoms with van der Waals surface area (Å²) in [5, 5.41) is 7.71. The normalized spacial score (nSPS) is 28.6. The van der Waals surface area contributed by atoms with E-state index >= 15 is 0 Å². The minimum Gasteiger partial charge on any atom is -0.460 e. The Bertz CT molecular complexity index is 801. The van der Waals surface area contributed by atoms with E-state index in [0.717, 1.165) is 54.1 Å². The Morgan fingerprint density at radius 1 is 1.36 bits per heavy atom. The van der Waals surface area contributed by atoms with E-state index in [1.807, 2.05) is 17.8 Å². The van der Waals surface area contributed by atoms with Crippen molar-refractivity contribution in [2.45, 2.75) is 37.4 Å². The molecule has 0 aliphatic carbocycles. The van der Waals surface area contributed by atoms with E-state index in [1.54, 1.807) is 12.5 Å². The molecule has 2 aromatic heterocycles. The van der Waals surface area contributed by atoms with Gasteiger partial charge in [0.05, 0.1) is 11.9 Å². The topological polar surface area (TPSA) is 70.4 Å². The molecule has 2 aromatic rings. The minimum atomic E-state index is -0.0809. The van der Waals surface area contributed by atoms with Crippen molar-refractivity contribution in [1.29, 1.82) is 0 Å². The molecular weight excluding hydrogens is 336 g/mol. The summed E-state index contributed by atoms with van der Waals surface area (Å²) in [6, 6.07) is 3.11. The number of hydrogen-bond acceptors (Lipinski definition) is 6. The summed E-state index contributed by atoms with van der Waals surface area (Å²) in [6.07, 6.45) is 6.88. The first kappa shape index (κ1) is 15.5. The van der Waals surface area contributed by atoms with Crippen molar-refractivity contribution in [3.8, 4) is 0 Å². The van der Waals surface area contributed by atoms with Crippen molar-refractivity contribution < 1.29 is 9.21 Å². The molecule has 5 heterocycles. The van der Waals surface area contributed by atoms with Gasteiger partial charge in [0.1, 0.15) is 12.0 Å². The number of fused-ring (bicyclic) bond motifs is 3. The average molecular weight is 358 g/mol. The molecule has 3 saturated heterocycles. The van der Waals surface area contributed by atoms with Crippen LogP contribution in [-0.4, -0.2) is 53.6 Å². The lowest BCUT2D eigenvalue weighted by Crippen LogP contribution is -2.43. The lowest BCUT2D eigenvalue weighted by atomic mass is 9.95. The summed E-state index contributed by atoms with van der Waals surface area (Å²) >= 11 is 1.98. The molecule has 3 aliphatic heterocycles. The van der Waals surface area contributed by atoms with Gasteiger partial charge in [-0.3, -0.25) is 4.79 Å². The molecule has 25 heavy (non-hydrogen) atoms. The van der Waals surface area contributed by atoms with Gasteiger partial charge >= 0.3 is 0 Å². The fourth-order valence-electron chi connectivity index (χ4n) is 4.32. The highest BCUT2D eigenvalue weighted by molar-refractivity contribution is 7.99. The second-order valence-corrected chi connectivity index (χ2v) is 8.37. The van der Waals surface area contributed by atoms with Crippen LogP contribution in [0.15, 0.2) is 22.9 Å². The Kier molecular flexibility index (Phi) is 3.86. The molecule has 5 rings (SSSR count). The number of hydrogen-bond donors (Lipinski definition) is 2. The van der Waals surface area contributed by atoms with Gasteiger partial charge in [0.25, 0.3) is 5.91 Å². The summed E-state index contributed by atoms with van der Waals surface area (Å²) < 4.78 is 5.66. The highest BCUT2D eigenvalue weighted by atomic mass is 32.2. The second-order valence-electron chi connectivity index (χ2n) is 7.15. The number of rotatable bonds is 3. The molecule has 0 spiro atoms. The van der Waals surface area contributed by atoms with E-state index < -0.39 is 0 Å². The van der Waals surface area contributed by atoms with Crippen LogP contribution in [0.1, 0.15) is 29.8 Å². The Balaban J connectivity index is 1.38. The molecule has 2 N–H and O–H groups in total. The van der Waals surface area contributed by atoms with E-state index in [4.69, 9.17) is 4.42 Å². The van der Waals surface area contributed by atoms with Gasteiger partial charge in [0.2, 0.25) is 0 Å². The van der Waals surface area contributed by atoms with Crippen LogP contribution in [-0.2, 0) is 0 Å². The highest BCUT2D eigenvalue weighted by Crippen LogP contribution is 2.31. The fourth-order valence-corrected chi connectivity index (χ4v) is 5.22. The number of carbonyl (C=O) groups is 1. The van der Waals surface area contributed by atoms with E-state index in [-0.39, 0.29) is 11.9 Å². The van der Waals surface area contributed by atoms with Crippen molar-refractivity contribution >= 4 is 34.3 Å². The van der Waals surface area contributed by atoms with Gasteiger partial charge in [0, 0.05) is 48.1 Å². The number of nitrogens with one attached hydrogen (secondary N) is 2. The monoisotopic (exact) mass is 358 g/mol. The van der Waals surface area contributed by atoms with Crippen LogP contribution in [0.25, 0.3) is 11.0 Å². The molecule has 0 saturated carbocycles. The summed E-state index contributed by atoms with van der Waals surface area (Å²) in [5.74, 6) is 2.17. The maximum Gasteiger partial charge on any atom is 0.270 e. The summed E-state index contributed by atoms with van der Waals surface area (Å²) in [5.41, 5.74) is 2.30. The molecule has 3 atom stereocenters. The summed E-state index contributed by atoms with van der Waals surface area (Å²) in [7, 11) is 0. The van der Waals surface area contributed by atoms with Gasteiger partial charge in [-0.15, -0.1) is 0 Å². The Labute approximate surface area is 150 Å². The van der Waals surface area contributed by atoms with Crippen LogP contribution in [0.4, 0.5) is 5.69 Å². The van der Waals surface area contributed by atoms with E-state index in [2.05, 4.69) is 20.5 Å². The van der Waals surface area contributed by atoms with E-state index in [1.165, 1.54) is 6.42 Å². The Hall–Kier alpha value is -1.73. The third kappa shape index (κ3) is 2.79. The fraction of sp³-hybridized carbons (Fsp3) is 0.556. The third-order valence-corrected chi connectivity index (χ3v) is 6.58. The van der Waals surface area contributed by atoms with Crippen LogP contribution >= 0.6 is 11.8 Å². The number of pyridine rings is 1. The van der Waals surface area contributed by atoms with Gasteiger partial charge in [-0.25, -0.2) is 4.98 Å². The van der Waals surface area contributed by atoms with Crippen molar-refractivity contribution in [3.05, 3.63) is 24.2 Å². The quantitative estimate of drug-likeness (QED) is 0.875. The standard InChI is InChI=1S/C18H22N4O2S/c23-18(21-14-7-11-1-2-13(14)20-11)15-8-12-16(10-24-17(12)9-19-15)22-3-5-25-6-4-22/h8-11,13-14,20H,1-7H2,(H,21,23)/t11-,13+,14-/m1/s1. The van der Waals surface area contributed by atoms with Gasteiger partial charge in [-0.1, -0.05) is 0 Å². The first-order chi connectivity index (χ1) is 12.3. The van der Waals surface area contributed by atoms with Gasteiger partial charge in [-0.2, -0.15) is 11.8 Å². The van der Waals surface area contributed by atoms with Crippen molar-refractivity contribution in [2.75, 3.05) is 29.5 Å². The number of aromatic nitrogens is 1. The van der Waals surface area contributed by atoms with Crippen LogP contribution in [0.3, 0.4) is 0 Å². The van der Waals surface area contributed by atoms with Gasteiger partial charge < -0.3 is 20.0 Å². The Morgan fingerprint density at radius 2 is 2.24 bits per heavy atom. The smallest absolute Gasteiger partial charge is 0.270 e. The molecular formula is C18H22N4O2S. The van der Waals surface area contributed by atoms with Crippen molar-refractivity contribution in [2.24, 2.45) is 0 Å². The second kappa shape index (κ2) is 6.21. The SMILES string of the molecule is O=C(N[C@@H]1C[C@H]2CC[C@@H]1N2)c1cc2c(N3CCSCC3)coc2cn1. The third-order valence-electron chi connectivity index (χ3n) is 5.64. The first-order valence-electron chi connectivity index (χ1n) is 9.05. The number of thioether (sulfide) groups is 1. The number of amides is 1. The zero-order valence-corrected chi connectivity index (χ0v) is 14.8. The van der Waals surface area contributed by atoms with Crippen LogP contribution in [0.2, 0.25) is 0 Å². The van der Waals surface area contributed by atoms with Gasteiger partial charge in [-0.05, 0) is 25.3 Å². The van der Waals surface area contributed by atoms with Crippen LogP contribution < -0.4 is 15.5 Å². The summed E-state index contributed by atoms with van der Waals surface area (Å²) in [6.45, 7) is 2.03. The molecule has 3 fully saturated rings. The molecule has 0 unspecified atom stereocenters. The number of nitrogens with zero attached hydrogens (tertiary/aromatic N) is 2. The van der Waals surface area contributed by atoms with Crippen molar-refractivity contribution in [3.63, 3.8) is 0 Å². The molecule has 0 aromatic carbocycles. The largest absolute Gasteiger partial charge is 0.460 e. The Morgan fingerprint density at radius 3 is 3.00 bits per heavy atom. The molecule has 1 amide bonds. The molecule has 2 bridgehead atoms. The lowest BCUT2D eigenvalue weighted by Gasteiger charge is -2.27. The average Bonchev–Trinajstić information content (AvgIpc) is 3.37. The lowest BCUT2D eigenvalue weighted by molar-refractivity contribution is 0.0926. The van der Waals surface area contributed by atoms with E-state index in [0.29, 0.717) is 17.8 Å².